The summed E-state index contributed by atoms with van der Waals surface area (Å²) in [6, 6.07) is 5.68. The molecule has 3 N–H and O–H groups in total. The van der Waals surface area contributed by atoms with Crippen LogP contribution in [0.25, 0.3) is 0 Å². The summed E-state index contributed by atoms with van der Waals surface area (Å²) in [6.07, 6.45) is -3.64. The van der Waals surface area contributed by atoms with Gasteiger partial charge in [-0.3, -0.25) is 4.79 Å². The SMILES string of the molecule is CC(N)=O.CCNC(C)Cc1cccc(C(F)(F)F)c1. The first-order valence-electron chi connectivity index (χ1n) is 6.32. The van der Waals surface area contributed by atoms with Gasteiger partial charge in [0.2, 0.25) is 5.91 Å². The molecule has 0 saturated heterocycles. The van der Waals surface area contributed by atoms with E-state index in [-0.39, 0.29) is 11.9 Å². The number of nitrogens with one attached hydrogen (secondary N) is 1. The van der Waals surface area contributed by atoms with Gasteiger partial charge < -0.3 is 11.1 Å². The fourth-order valence-corrected chi connectivity index (χ4v) is 1.65. The average Bonchev–Trinajstić information content (AvgIpc) is 2.27. The second kappa shape index (κ2) is 8.58. The number of alkyl halides is 3. The van der Waals surface area contributed by atoms with Crippen LogP contribution < -0.4 is 11.1 Å². The molecule has 114 valence electrons. The summed E-state index contributed by atoms with van der Waals surface area (Å²) in [4.78, 5) is 9.22. The number of hydrogen-bond acceptors (Lipinski definition) is 2. The highest BCUT2D eigenvalue weighted by molar-refractivity contribution is 5.70. The second-order valence-corrected chi connectivity index (χ2v) is 4.47. The maximum absolute atomic E-state index is 12.4. The Morgan fingerprint density at radius 3 is 2.40 bits per heavy atom. The van der Waals surface area contributed by atoms with E-state index in [1.165, 1.54) is 19.1 Å². The minimum atomic E-state index is -4.25. The minimum absolute atomic E-state index is 0.188. The number of nitrogens with two attached hydrogens (primary N) is 1. The van der Waals surface area contributed by atoms with Crippen LogP contribution in [0.5, 0.6) is 0 Å². The van der Waals surface area contributed by atoms with Crippen LogP contribution >= 0.6 is 0 Å². The Hall–Kier alpha value is -1.56. The highest BCUT2D eigenvalue weighted by atomic mass is 19.4. The van der Waals surface area contributed by atoms with Gasteiger partial charge in [-0.2, -0.15) is 13.2 Å². The van der Waals surface area contributed by atoms with Crippen LogP contribution in [0.3, 0.4) is 0 Å². The van der Waals surface area contributed by atoms with Crippen molar-refractivity contribution >= 4 is 5.91 Å². The van der Waals surface area contributed by atoms with Gasteiger partial charge in [-0.05, 0) is 31.5 Å². The molecular formula is C14H21F3N2O. The highest BCUT2D eigenvalue weighted by Crippen LogP contribution is 2.29. The Morgan fingerprint density at radius 2 is 1.95 bits per heavy atom. The Kier molecular flexibility index (Phi) is 7.91. The summed E-state index contributed by atoms with van der Waals surface area (Å²) in [7, 11) is 0. The van der Waals surface area contributed by atoms with Gasteiger partial charge in [0.25, 0.3) is 0 Å². The fraction of sp³-hybridized carbons (Fsp3) is 0.500. The van der Waals surface area contributed by atoms with Crippen LogP contribution in [-0.4, -0.2) is 18.5 Å². The number of primary amides is 1. The number of hydrogen-bond donors (Lipinski definition) is 2. The number of carbonyl (C=O) groups excluding carboxylic acids is 1. The molecule has 1 aromatic rings. The lowest BCUT2D eigenvalue weighted by atomic mass is 10.0. The molecule has 1 rings (SSSR count). The molecule has 0 aromatic heterocycles. The van der Waals surface area contributed by atoms with Crippen LogP contribution in [0.2, 0.25) is 0 Å². The topological polar surface area (TPSA) is 55.1 Å². The first-order chi connectivity index (χ1) is 9.16. The molecule has 0 bridgehead atoms. The molecule has 0 saturated carbocycles. The van der Waals surface area contributed by atoms with Crippen LogP contribution in [0.4, 0.5) is 13.2 Å². The van der Waals surface area contributed by atoms with Crippen molar-refractivity contribution in [1.29, 1.82) is 0 Å². The van der Waals surface area contributed by atoms with Gasteiger partial charge in [0.15, 0.2) is 0 Å². The van der Waals surface area contributed by atoms with E-state index in [0.717, 1.165) is 12.6 Å². The largest absolute Gasteiger partial charge is 0.416 e. The number of halogens is 3. The quantitative estimate of drug-likeness (QED) is 0.896. The van der Waals surface area contributed by atoms with Gasteiger partial charge in [0.1, 0.15) is 0 Å². The molecule has 1 atom stereocenters. The van der Waals surface area contributed by atoms with Crippen LogP contribution in [0.1, 0.15) is 31.9 Å². The van der Waals surface area contributed by atoms with E-state index in [2.05, 4.69) is 11.1 Å². The predicted octanol–water partition coefficient (Wildman–Crippen LogP) is 2.74. The molecule has 20 heavy (non-hydrogen) atoms. The maximum atomic E-state index is 12.4. The summed E-state index contributed by atoms with van der Waals surface area (Å²) >= 11 is 0. The molecule has 1 aromatic carbocycles. The molecule has 0 fully saturated rings. The minimum Gasteiger partial charge on any atom is -0.370 e. The Balaban J connectivity index is 0.000000796. The van der Waals surface area contributed by atoms with E-state index in [9.17, 15) is 18.0 Å². The van der Waals surface area contributed by atoms with E-state index in [1.807, 2.05) is 13.8 Å². The zero-order chi connectivity index (χ0) is 15.8. The molecule has 0 aliphatic carbocycles. The molecule has 0 aliphatic heterocycles. The van der Waals surface area contributed by atoms with Gasteiger partial charge in [-0.1, -0.05) is 25.1 Å². The first-order valence-corrected chi connectivity index (χ1v) is 6.32. The molecule has 3 nitrogen and oxygen atoms in total. The summed E-state index contributed by atoms with van der Waals surface area (Å²) in [5.74, 6) is -0.333. The summed E-state index contributed by atoms with van der Waals surface area (Å²) in [5.41, 5.74) is 4.61. The van der Waals surface area contributed by atoms with Gasteiger partial charge >= 0.3 is 6.18 Å². The third-order valence-corrected chi connectivity index (χ3v) is 2.35. The zero-order valence-corrected chi connectivity index (χ0v) is 11.9. The molecular weight excluding hydrogens is 269 g/mol. The van der Waals surface area contributed by atoms with Gasteiger partial charge in [0, 0.05) is 13.0 Å². The standard InChI is InChI=1S/C12H16F3N.C2H5NO/c1-3-16-9(2)7-10-5-4-6-11(8-10)12(13,14)15;1-2(3)4/h4-6,8-9,16H,3,7H2,1-2H3;1H3,(H2,3,4). The number of amides is 1. The summed E-state index contributed by atoms with van der Waals surface area (Å²) < 4.78 is 37.3. The lowest BCUT2D eigenvalue weighted by molar-refractivity contribution is -0.137. The molecule has 6 heteroatoms. The molecule has 0 aliphatic rings. The van der Waals surface area contributed by atoms with Crippen LogP contribution in [0.15, 0.2) is 24.3 Å². The van der Waals surface area contributed by atoms with E-state index < -0.39 is 11.7 Å². The molecule has 1 unspecified atom stereocenters. The maximum Gasteiger partial charge on any atom is 0.416 e. The third-order valence-electron chi connectivity index (χ3n) is 2.35. The van der Waals surface area contributed by atoms with E-state index in [0.29, 0.717) is 12.0 Å². The van der Waals surface area contributed by atoms with E-state index in [1.54, 1.807) is 6.07 Å². The van der Waals surface area contributed by atoms with Crippen LogP contribution in [0, 0.1) is 0 Å². The van der Waals surface area contributed by atoms with Crippen molar-refractivity contribution in [2.24, 2.45) is 5.73 Å². The van der Waals surface area contributed by atoms with Crippen molar-refractivity contribution in [2.45, 2.75) is 39.4 Å². The molecule has 0 radical (unpaired) electrons. The predicted molar refractivity (Wildman–Crippen MR) is 73.2 cm³/mol. The Labute approximate surface area is 117 Å². The molecule has 0 spiro atoms. The number of rotatable bonds is 4. The summed E-state index contributed by atoms with van der Waals surface area (Å²) in [6.45, 7) is 6.06. The van der Waals surface area contributed by atoms with E-state index >= 15 is 0 Å². The highest BCUT2D eigenvalue weighted by Gasteiger charge is 2.30. The smallest absolute Gasteiger partial charge is 0.370 e. The monoisotopic (exact) mass is 290 g/mol. The van der Waals surface area contributed by atoms with Crippen molar-refractivity contribution in [3.8, 4) is 0 Å². The number of benzene rings is 1. The lowest BCUT2D eigenvalue weighted by Gasteiger charge is -2.13. The lowest BCUT2D eigenvalue weighted by Crippen LogP contribution is -2.27. The second-order valence-electron chi connectivity index (χ2n) is 4.47. The zero-order valence-electron chi connectivity index (χ0n) is 11.9. The third kappa shape index (κ3) is 8.53. The van der Waals surface area contributed by atoms with Crippen molar-refractivity contribution in [2.75, 3.05) is 6.54 Å². The normalized spacial score (nSPS) is 12.3. The van der Waals surface area contributed by atoms with Crippen LogP contribution in [-0.2, 0) is 17.4 Å². The number of carbonyl (C=O) groups is 1. The summed E-state index contributed by atoms with van der Waals surface area (Å²) in [5, 5.41) is 3.17. The Morgan fingerprint density at radius 1 is 1.40 bits per heavy atom. The fourth-order valence-electron chi connectivity index (χ4n) is 1.65. The average molecular weight is 290 g/mol. The first kappa shape index (κ1) is 18.4. The van der Waals surface area contributed by atoms with Gasteiger partial charge in [-0.15, -0.1) is 0 Å². The van der Waals surface area contributed by atoms with Crippen molar-refractivity contribution in [3.63, 3.8) is 0 Å². The molecule has 1 amide bonds. The number of likely N-dealkylation sites (N-methyl/N-ethyl adjacent to an activating group) is 1. The van der Waals surface area contributed by atoms with Gasteiger partial charge in [-0.25, -0.2) is 0 Å². The molecule has 0 heterocycles. The Bertz CT molecular complexity index is 415. The van der Waals surface area contributed by atoms with Crippen molar-refractivity contribution in [3.05, 3.63) is 35.4 Å². The van der Waals surface area contributed by atoms with E-state index in [4.69, 9.17) is 0 Å². The van der Waals surface area contributed by atoms with Gasteiger partial charge in [0.05, 0.1) is 5.56 Å². The van der Waals surface area contributed by atoms with Crippen molar-refractivity contribution in [1.82, 2.24) is 5.32 Å². The van der Waals surface area contributed by atoms with Crippen molar-refractivity contribution < 1.29 is 18.0 Å².